The van der Waals surface area contributed by atoms with Crippen LogP contribution in [0.2, 0.25) is 5.02 Å². The van der Waals surface area contributed by atoms with E-state index in [-0.39, 0.29) is 6.04 Å². The molecule has 0 aromatic heterocycles. The summed E-state index contributed by atoms with van der Waals surface area (Å²) in [6.45, 7) is 2.85. The Hall–Kier alpha value is -1.91. The lowest BCUT2D eigenvalue weighted by atomic mass is 10.0. The quantitative estimate of drug-likeness (QED) is 0.755. The zero-order chi connectivity index (χ0) is 17.5. The molecule has 130 valence electrons. The van der Waals surface area contributed by atoms with Crippen LogP contribution in [0.5, 0.6) is 17.2 Å². The van der Waals surface area contributed by atoms with Crippen LogP contribution in [0, 0.1) is 0 Å². The molecule has 2 aromatic rings. The number of hydrogen-bond donors (Lipinski definition) is 1. The van der Waals surface area contributed by atoms with Crippen LogP contribution in [0.25, 0.3) is 0 Å². The average molecular weight is 350 g/mol. The minimum Gasteiger partial charge on any atom is -0.493 e. The molecule has 0 saturated carbocycles. The molecule has 0 bridgehead atoms. The van der Waals surface area contributed by atoms with Crippen molar-refractivity contribution in [2.24, 2.45) is 0 Å². The third-order valence-electron chi connectivity index (χ3n) is 3.96. The van der Waals surface area contributed by atoms with E-state index in [0.29, 0.717) is 23.8 Å². The average Bonchev–Trinajstić information content (AvgIpc) is 2.62. The van der Waals surface area contributed by atoms with E-state index in [1.54, 1.807) is 21.3 Å². The van der Waals surface area contributed by atoms with E-state index in [0.717, 1.165) is 17.0 Å². The fourth-order valence-electron chi connectivity index (χ4n) is 2.67. The monoisotopic (exact) mass is 349 g/mol. The fraction of sp³-hybridized carbons (Fsp3) is 0.368. The molecule has 0 saturated heterocycles. The van der Waals surface area contributed by atoms with Gasteiger partial charge in [-0.25, -0.2) is 0 Å². The van der Waals surface area contributed by atoms with Crippen molar-refractivity contribution in [1.29, 1.82) is 0 Å². The molecular formula is C19H24ClNO3. The summed E-state index contributed by atoms with van der Waals surface area (Å²) in [6, 6.07) is 12.1. The van der Waals surface area contributed by atoms with Gasteiger partial charge >= 0.3 is 0 Å². The van der Waals surface area contributed by atoms with Gasteiger partial charge in [0.15, 0.2) is 11.5 Å². The van der Waals surface area contributed by atoms with Crippen molar-refractivity contribution in [2.45, 2.75) is 25.9 Å². The smallest absolute Gasteiger partial charge is 0.203 e. The molecule has 0 spiro atoms. The molecule has 1 atom stereocenters. The van der Waals surface area contributed by atoms with E-state index in [1.165, 1.54) is 5.56 Å². The Morgan fingerprint density at radius 3 is 2.00 bits per heavy atom. The minimum absolute atomic E-state index is 0.251. The largest absolute Gasteiger partial charge is 0.493 e. The van der Waals surface area contributed by atoms with Gasteiger partial charge in [0.05, 0.1) is 21.3 Å². The Morgan fingerprint density at radius 2 is 1.54 bits per heavy atom. The van der Waals surface area contributed by atoms with Gasteiger partial charge < -0.3 is 19.5 Å². The van der Waals surface area contributed by atoms with Crippen LogP contribution < -0.4 is 19.5 Å². The predicted molar refractivity (Wildman–Crippen MR) is 97.4 cm³/mol. The molecule has 0 radical (unpaired) electrons. The van der Waals surface area contributed by atoms with E-state index in [1.807, 2.05) is 24.3 Å². The van der Waals surface area contributed by atoms with Crippen molar-refractivity contribution in [3.63, 3.8) is 0 Å². The Labute approximate surface area is 148 Å². The highest BCUT2D eigenvalue weighted by Crippen LogP contribution is 2.38. The van der Waals surface area contributed by atoms with Crippen LogP contribution in [0.1, 0.15) is 30.5 Å². The van der Waals surface area contributed by atoms with Gasteiger partial charge in [0, 0.05) is 17.6 Å². The lowest BCUT2D eigenvalue weighted by Gasteiger charge is -2.19. The summed E-state index contributed by atoms with van der Waals surface area (Å²) in [5.41, 5.74) is 2.28. The van der Waals surface area contributed by atoms with E-state index >= 15 is 0 Å². The maximum Gasteiger partial charge on any atom is 0.203 e. The maximum atomic E-state index is 5.97. The number of methoxy groups -OCH3 is 3. The van der Waals surface area contributed by atoms with Gasteiger partial charge in [-0.05, 0) is 41.8 Å². The second kappa shape index (κ2) is 8.81. The maximum absolute atomic E-state index is 5.97. The molecule has 0 amide bonds. The summed E-state index contributed by atoms with van der Waals surface area (Å²) in [6.07, 6.45) is 0.978. The standard InChI is InChI=1S/C19H24ClNO3/c1-5-16(14-6-8-15(20)9-7-14)21-12-13-10-17(22-2)19(24-4)18(11-13)23-3/h6-11,16,21H,5,12H2,1-4H3. The van der Waals surface area contributed by atoms with Crippen LogP contribution in [-0.2, 0) is 6.54 Å². The second-order valence-electron chi connectivity index (χ2n) is 5.43. The van der Waals surface area contributed by atoms with E-state index in [4.69, 9.17) is 25.8 Å². The zero-order valence-electron chi connectivity index (χ0n) is 14.6. The summed E-state index contributed by atoms with van der Waals surface area (Å²) in [4.78, 5) is 0. The first-order valence-corrected chi connectivity index (χ1v) is 8.28. The van der Waals surface area contributed by atoms with E-state index in [2.05, 4.69) is 24.4 Å². The Kier molecular flexibility index (Phi) is 6.76. The molecule has 0 aliphatic carbocycles. The Bertz CT molecular complexity index is 633. The minimum atomic E-state index is 0.251. The first kappa shape index (κ1) is 18.4. The van der Waals surface area contributed by atoms with E-state index in [9.17, 15) is 0 Å². The first-order valence-electron chi connectivity index (χ1n) is 7.90. The number of rotatable bonds is 8. The van der Waals surface area contributed by atoms with Crippen molar-refractivity contribution in [2.75, 3.05) is 21.3 Å². The highest BCUT2D eigenvalue weighted by Gasteiger charge is 2.14. The predicted octanol–water partition coefficient (Wildman–Crippen LogP) is 4.61. The van der Waals surface area contributed by atoms with Crippen LogP contribution in [0.3, 0.4) is 0 Å². The lowest BCUT2D eigenvalue weighted by molar-refractivity contribution is 0.323. The molecule has 24 heavy (non-hydrogen) atoms. The summed E-state index contributed by atoms with van der Waals surface area (Å²) in [7, 11) is 4.85. The highest BCUT2D eigenvalue weighted by atomic mass is 35.5. The SMILES string of the molecule is CCC(NCc1cc(OC)c(OC)c(OC)c1)c1ccc(Cl)cc1. The molecule has 0 fully saturated rings. The van der Waals surface area contributed by atoms with E-state index < -0.39 is 0 Å². The Balaban J connectivity index is 2.16. The number of benzene rings is 2. The van der Waals surface area contributed by atoms with Crippen molar-refractivity contribution in [3.05, 3.63) is 52.5 Å². The number of ether oxygens (including phenoxy) is 3. The molecular weight excluding hydrogens is 326 g/mol. The molecule has 1 unspecified atom stereocenters. The fourth-order valence-corrected chi connectivity index (χ4v) is 2.80. The highest BCUT2D eigenvalue weighted by molar-refractivity contribution is 6.30. The molecule has 2 aromatic carbocycles. The molecule has 1 N–H and O–H groups in total. The van der Waals surface area contributed by atoms with Crippen LogP contribution in [0.15, 0.2) is 36.4 Å². The van der Waals surface area contributed by atoms with Crippen molar-refractivity contribution >= 4 is 11.6 Å². The van der Waals surface area contributed by atoms with Gasteiger partial charge in [-0.1, -0.05) is 30.7 Å². The molecule has 5 heteroatoms. The summed E-state index contributed by atoms with van der Waals surface area (Å²) in [5, 5.41) is 4.31. The van der Waals surface area contributed by atoms with Crippen LogP contribution in [-0.4, -0.2) is 21.3 Å². The topological polar surface area (TPSA) is 39.7 Å². The van der Waals surface area contributed by atoms with Gasteiger partial charge in [0.25, 0.3) is 0 Å². The lowest BCUT2D eigenvalue weighted by Crippen LogP contribution is -2.20. The molecule has 0 heterocycles. The summed E-state index contributed by atoms with van der Waals surface area (Å²) < 4.78 is 16.2. The number of hydrogen-bond acceptors (Lipinski definition) is 4. The number of halogens is 1. The molecule has 0 aliphatic rings. The van der Waals surface area contributed by atoms with Crippen LogP contribution >= 0.6 is 11.6 Å². The van der Waals surface area contributed by atoms with Crippen LogP contribution in [0.4, 0.5) is 0 Å². The third-order valence-corrected chi connectivity index (χ3v) is 4.21. The first-order chi connectivity index (χ1) is 11.6. The van der Waals surface area contributed by atoms with Crippen molar-refractivity contribution < 1.29 is 14.2 Å². The van der Waals surface area contributed by atoms with Gasteiger partial charge in [-0.15, -0.1) is 0 Å². The van der Waals surface area contributed by atoms with Gasteiger partial charge in [-0.3, -0.25) is 0 Å². The summed E-state index contributed by atoms with van der Waals surface area (Å²) in [5.74, 6) is 1.93. The normalized spacial score (nSPS) is 11.9. The van der Waals surface area contributed by atoms with Gasteiger partial charge in [0.2, 0.25) is 5.75 Å². The zero-order valence-corrected chi connectivity index (χ0v) is 15.3. The Morgan fingerprint density at radius 1 is 0.958 bits per heavy atom. The van der Waals surface area contributed by atoms with Gasteiger partial charge in [0.1, 0.15) is 0 Å². The third kappa shape index (κ3) is 4.34. The molecule has 0 aliphatic heterocycles. The molecule has 4 nitrogen and oxygen atoms in total. The van der Waals surface area contributed by atoms with Crippen molar-refractivity contribution in [1.82, 2.24) is 5.32 Å². The second-order valence-corrected chi connectivity index (χ2v) is 5.86. The number of nitrogens with one attached hydrogen (secondary N) is 1. The van der Waals surface area contributed by atoms with Crippen molar-refractivity contribution in [3.8, 4) is 17.2 Å². The summed E-state index contributed by atoms with van der Waals surface area (Å²) >= 11 is 5.97. The van der Waals surface area contributed by atoms with Gasteiger partial charge in [-0.2, -0.15) is 0 Å². The molecule has 2 rings (SSSR count).